The second-order valence-corrected chi connectivity index (χ2v) is 5.39. The van der Waals surface area contributed by atoms with Crippen molar-refractivity contribution in [2.24, 2.45) is 5.92 Å². The van der Waals surface area contributed by atoms with E-state index in [4.69, 9.17) is 5.11 Å². The van der Waals surface area contributed by atoms with Gasteiger partial charge in [-0.2, -0.15) is 0 Å². The molecule has 0 saturated carbocycles. The molecular weight excluding hydrogens is 266 g/mol. The van der Waals surface area contributed by atoms with Crippen molar-refractivity contribution in [3.8, 4) is 0 Å². The average molecular weight is 287 g/mol. The lowest BCUT2D eigenvalue weighted by atomic mass is 9.92. The predicted molar refractivity (Wildman–Crippen MR) is 80.7 cm³/mol. The number of hydrogen-bond acceptors (Lipinski definition) is 2. The SMILES string of the molecule is O=C(O)CCC(NC(=O)C1CC=CCC1)c1ccccc1. The Balaban J connectivity index is 2.02. The fourth-order valence-corrected chi connectivity index (χ4v) is 2.60. The van der Waals surface area contributed by atoms with Gasteiger partial charge in [0.2, 0.25) is 5.91 Å². The number of allylic oxidation sites excluding steroid dienone is 2. The van der Waals surface area contributed by atoms with Gasteiger partial charge in [0, 0.05) is 12.3 Å². The van der Waals surface area contributed by atoms with Crippen molar-refractivity contribution in [2.75, 3.05) is 0 Å². The van der Waals surface area contributed by atoms with Crippen molar-refractivity contribution < 1.29 is 14.7 Å². The first kappa shape index (κ1) is 15.3. The monoisotopic (exact) mass is 287 g/mol. The lowest BCUT2D eigenvalue weighted by Gasteiger charge is -2.23. The Bertz CT molecular complexity index is 510. The van der Waals surface area contributed by atoms with E-state index < -0.39 is 5.97 Å². The van der Waals surface area contributed by atoms with Gasteiger partial charge in [0.05, 0.1) is 6.04 Å². The third-order valence-corrected chi connectivity index (χ3v) is 3.81. The van der Waals surface area contributed by atoms with Crippen molar-refractivity contribution in [1.29, 1.82) is 0 Å². The Morgan fingerprint density at radius 2 is 2.00 bits per heavy atom. The number of carbonyl (C=O) groups excluding carboxylic acids is 1. The van der Waals surface area contributed by atoms with Crippen molar-refractivity contribution in [2.45, 2.75) is 38.1 Å². The van der Waals surface area contributed by atoms with Crippen LogP contribution in [0.25, 0.3) is 0 Å². The third kappa shape index (κ3) is 4.74. The molecule has 0 radical (unpaired) electrons. The van der Waals surface area contributed by atoms with E-state index in [0.29, 0.717) is 6.42 Å². The van der Waals surface area contributed by atoms with E-state index in [-0.39, 0.29) is 24.3 Å². The molecule has 0 aliphatic heterocycles. The largest absolute Gasteiger partial charge is 0.481 e. The molecule has 4 nitrogen and oxygen atoms in total. The van der Waals surface area contributed by atoms with Crippen LogP contribution in [0, 0.1) is 5.92 Å². The Hall–Kier alpha value is -2.10. The zero-order valence-electron chi connectivity index (χ0n) is 12.0. The van der Waals surface area contributed by atoms with E-state index in [1.165, 1.54) is 0 Å². The third-order valence-electron chi connectivity index (χ3n) is 3.81. The Morgan fingerprint density at radius 1 is 1.24 bits per heavy atom. The van der Waals surface area contributed by atoms with Gasteiger partial charge >= 0.3 is 5.97 Å². The molecule has 112 valence electrons. The Kier molecular flexibility index (Phi) is 5.55. The van der Waals surface area contributed by atoms with Gasteiger partial charge in [-0.25, -0.2) is 0 Å². The Morgan fingerprint density at radius 3 is 2.62 bits per heavy atom. The molecule has 21 heavy (non-hydrogen) atoms. The highest BCUT2D eigenvalue weighted by atomic mass is 16.4. The molecule has 0 spiro atoms. The Labute approximate surface area is 124 Å². The fraction of sp³-hybridized carbons (Fsp3) is 0.412. The van der Waals surface area contributed by atoms with Gasteiger partial charge in [0.15, 0.2) is 0 Å². The molecule has 1 aliphatic rings. The van der Waals surface area contributed by atoms with Crippen LogP contribution in [0.4, 0.5) is 0 Å². The zero-order valence-corrected chi connectivity index (χ0v) is 12.0. The fourth-order valence-electron chi connectivity index (χ4n) is 2.60. The van der Waals surface area contributed by atoms with Crippen LogP contribution in [-0.2, 0) is 9.59 Å². The summed E-state index contributed by atoms with van der Waals surface area (Å²) in [4.78, 5) is 23.1. The van der Waals surface area contributed by atoms with E-state index in [1.54, 1.807) is 0 Å². The summed E-state index contributed by atoms with van der Waals surface area (Å²) in [5.41, 5.74) is 0.957. The molecule has 1 aromatic rings. The molecule has 1 amide bonds. The summed E-state index contributed by atoms with van der Waals surface area (Å²) in [7, 11) is 0. The zero-order chi connectivity index (χ0) is 15.1. The number of carboxylic acids is 1. The van der Waals surface area contributed by atoms with E-state index in [9.17, 15) is 9.59 Å². The summed E-state index contributed by atoms with van der Waals surface area (Å²) in [5.74, 6) is -0.810. The molecule has 0 heterocycles. The van der Waals surface area contributed by atoms with E-state index in [0.717, 1.165) is 24.8 Å². The molecular formula is C17H21NO3. The first-order valence-electron chi connectivity index (χ1n) is 7.39. The quantitative estimate of drug-likeness (QED) is 0.790. The normalized spacial score (nSPS) is 19.0. The van der Waals surface area contributed by atoms with Crippen LogP contribution in [0.1, 0.15) is 43.7 Å². The van der Waals surface area contributed by atoms with E-state index in [2.05, 4.69) is 11.4 Å². The van der Waals surface area contributed by atoms with E-state index >= 15 is 0 Å². The maximum absolute atomic E-state index is 12.3. The minimum atomic E-state index is -0.842. The number of nitrogens with one attached hydrogen (secondary N) is 1. The van der Waals surface area contributed by atoms with Crippen molar-refractivity contribution in [1.82, 2.24) is 5.32 Å². The summed E-state index contributed by atoms with van der Waals surface area (Å²) >= 11 is 0. The van der Waals surface area contributed by atoms with E-state index in [1.807, 2.05) is 36.4 Å². The maximum atomic E-state index is 12.3. The summed E-state index contributed by atoms with van der Waals surface area (Å²) in [6.07, 6.45) is 7.17. The number of amides is 1. The summed E-state index contributed by atoms with van der Waals surface area (Å²) in [6.45, 7) is 0. The highest BCUT2D eigenvalue weighted by molar-refractivity contribution is 5.79. The topological polar surface area (TPSA) is 66.4 Å². The molecule has 0 saturated heterocycles. The van der Waals surface area contributed by atoms with Crippen LogP contribution in [-0.4, -0.2) is 17.0 Å². The number of carboxylic acid groups (broad SMARTS) is 1. The standard InChI is InChI=1S/C17H21NO3/c19-16(20)12-11-15(13-7-3-1-4-8-13)18-17(21)14-9-5-2-6-10-14/h1-5,7-8,14-15H,6,9-12H2,(H,18,21)(H,19,20). The van der Waals surface area contributed by atoms with Crippen LogP contribution in [0.3, 0.4) is 0 Å². The highest BCUT2D eigenvalue weighted by Crippen LogP contribution is 2.22. The number of hydrogen-bond donors (Lipinski definition) is 2. The van der Waals surface area contributed by atoms with Gasteiger partial charge in [0.1, 0.15) is 0 Å². The molecule has 2 N–H and O–H groups in total. The minimum absolute atomic E-state index is 0.00559. The second-order valence-electron chi connectivity index (χ2n) is 5.39. The smallest absolute Gasteiger partial charge is 0.303 e. The molecule has 2 rings (SSSR count). The van der Waals surface area contributed by atoms with Gasteiger partial charge in [-0.1, -0.05) is 42.5 Å². The maximum Gasteiger partial charge on any atom is 0.303 e. The first-order valence-corrected chi connectivity index (χ1v) is 7.39. The number of carbonyl (C=O) groups is 2. The van der Waals surface area contributed by atoms with Crippen LogP contribution >= 0.6 is 0 Å². The second kappa shape index (κ2) is 7.62. The molecule has 1 aliphatic carbocycles. The van der Waals surface area contributed by atoms with Gasteiger partial charge < -0.3 is 10.4 Å². The molecule has 0 bridgehead atoms. The molecule has 1 aromatic carbocycles. The van der Waals surface area contributed by atoms with Crippen molar-refractivity contribution in [3.63, 3.8) is 0 Å². The minimum Gasteiger partial charge on any atom is -0.481 e. The predicted octanol–water partition coefficient (Wildman–Crippen LogP) is 3.07. The summed E-state index contributed by atoms with van der Waals surface area (Å²) in [5, 5.41) is 11.9. The van der Waals surface area contributed by atoms with Gasteiger partial charge in [-0.15, -0.1) is 0 Å². The number of aliphatic carboxylic acids is 1. The van der Waals surface area contributed by atoms with Gasteiger partial charge in [0.25, 0.3) is 0 Å². The molecule has 2 atom stereocenters. The molecule has 0 aromatic heterocycles. The van der Waals surface area contributed by atoms with Crippen molar-refractivity contribution >= 4 is 11.9 Å². The van der Waals surface area contributed by atoms with Crippen LogP contribution in [0.5, 0.6) is 0 Å². The average Bonchev–Trinajstić information content (AvgIpc) is 2.52. The van der Waals surface area contributed by atoms with Crippen LogP contribution < -0.4 is 5.32 Å². The van der Waals surface area contributed by atoms with Gasteiger partial charge in [-0.05, 0) is 31.2 Å². The summed E-state index contributed by atoms with van der Waals surface area (Å²) < 4.78 is 0. The first-order chi connectivity index (χ1) is 10.2. The van der Waals surface area contributed by atoms with Crippen LogP contribution in [0.2, 0.25) is 0 Å². The number of benzene rings is 1. The molecule has 4 heteroatoms. The molecule has 0 fully saturated rings. The highest BCUT2D eigenvalue weighted by Gasteiger charge is 2.22. The van der Waals surface area contributed by atoms with Crippen molar-refractivity contribution in [3.05, 3.63) is 48.0 Å². The van der Waals surface area contributed by atoms with Gasteiger partial charge in [-0.3, -0.25) is 9.59 Å². The van der Waals surface area contributed by atoms with Crippen LogP contribution in [0.15, 0.2) is 42.5 Å². The number of rotatable bonds is 6. The lowest BCUT2D eigenvalue weighted by molar-refractivity contribution is -0.137. The summed E-state index contributed by atoms with van der Waals surface area (Å²) in [6, 6.07) is 9.32. The lowest BCUT2D eigenvalue weighted by Crippen LogP contribution is -2.34. The molecule has 2 unspecified atom stereocenters.